The summed E-state index contributed by atoms with van der Waals surface area (Å²) in [5.74, 6) is -0.0756. The summed E-state index contributed by atoms with van der Waals surface area (Å²) in [7, 11) is 0. The SMILES string of the molecule is CC1CCN(CCCCCOCC2CCC(C3CCCCC3)CC2C(F)(F)F)C(CO)C1. The molecule has 0 aromatic heterocycles. The molecule has 5 unspecified atom stereocenters. The lowest BCUT2D eigenvalue weighted by atomic mass is 9.67. The predicted octanol–water partition coefficient (Wildman–Crippen LogP) is 6.44. The van der Waals surface area contributed by atoms with Gasteiger partial charge in [0.05, 0.1) is 12.5 Å². The van der Waals surface area contributed by atoms with Crippen LogP contribution in [0.25, 0.3) is 0 Å². The fourth-order valence-corrected chi connectivity index (χ4v) is 6.61. The lowest BCUT2D eigenvalue weighted by Crippen LogP contribution is -2.44. The molecule has 1 aliphatic heterocycles. The third-order valence-corrected chi connectivity index (χ3v) is 8.65. The van der Waals surface area contributed by atoms with Gasteiger partial charge in [0.2, 0.25) is 0 Å². The zero-order valence-corrected chi connectivity index (χ0v) is 20.1. The molecule has 6 heteroatoms. The van der Waals surface area contributed by atoms with Crippen molar-refractivity contribution in [3.05, 3.63) is 0 Å². The van der Waals surface area contributed by atoms with Crippen LogP contribution in [0, 0.1) is 29.6 Å². The second-order valence-corrected chi connectivity index (χ2v) is 11.0. The van der Waals surface area contributed by atoms with Gasteiger partial charge in [-0.25, -0.2) is 0 Å². The number of unbranched alkanes of at least 4 members (excludes halogenated alkanes) is 2. The first-order valence-corrected chi connectivity index (χ1v) is 13.4. The maximum absolute atomic E-state index is 13.8. The van der Waals surface area contributed by atoms with Crippen LogP contribution in [0.2, 0.25) is 0 Å². The number of rotatable bonds is 10. The second kappa shape index (κ2) is 12.9. The monoisotopic (exact) mass is 461 g/mol. The van der Waals surface area contributed by atoms with E-state index in [0.29, 0.717) is 31.3 Å². The Labute approximate surface area is 193 Å². The van der Waals surface area contributed by atoms with Gasteiger partial charge >= 0.3 is 6.18 Å². The van der Waals surface area contributed by atoms with Gasteiger partial charge in [-0.1, -0.05) is 39.0 Å². The lowest BCUT2D eigenvalue weighted by molar-refractivity contribution is -0.208. The van der Waals surface area contributed by atoms with Gasteiger partial charge in [0.1, 0.15) is 0 Å². The number of hydrogen-bond acceptors (Lipinski definition) is 3. The van der Waals surface area contributed by atoms with Crippen molar-refractivity contribution in [3.63, 3.8) is 0 Å². The zero-order valence-electron chi connectivity index (χ0n) is 20.1. The van der Waals surface area contributed by atoms with Crippen molar-refractivity contribution >= 4 is 0 Å². The van der Waals surface area contributed by atoms with E-state index in [2.05, 4.69) is 11.8 Å². The molecule has 3 rings (SSSR count). The first-order chi connectivity index (χ1) is 15.4. The van der Waals surface area contributed by atoms with Crippen LogP contribution >= 0.6 is 0 Å². The summed E-state index contributed by atoms with van der Waals surface area (Å²) in [6.07, 6.45) is 9.01. The Hall–Kier alpha value is -0.330. The number of piperidine rings is 1. The largest absolute Gasteiger partial charge is 0.395 e. The fourth-order valence-electron chi connectivity index (χ4n) is 6.61. The number of ether oxygens (including phenoxy) is 1. The van der Waals surface area contributed by atoms with Crippen molar-refractivity contribution in [1.82, 2.24) is 4.90 Å². The first-order valence-electron chi connectivity index (χ1n) is 13.4. The average Bonchev–Trinajstić information content (AvgIpc) is 2.79. The molecule has 5 atom stereocenters. The van der Waals surface area contributed by atoms with Gasteiger partial charge in [0.15, 0.2) is 0 Å². The standard InChI is InChI=1S/C26H46F3NO2/c1-20-12-14-30(24(16-20)18-31)13-6-3-7-15-32-19-23-11-10-22(17-25(23)26(27,28)29)21-8-4-2-5-9-21/h20-25,31H,2-19H2,1H3. The van der Waals surface area contributed by atoms with E-state index in [4.69, 9.17) is 4.74 Å². The van der Waals surface area contributed by atoms with Crippen molar-refractivity contribution in [1.29, 1.82) is 0 Å². The van der Waals surface area contributed by atoms with E-state index >= 15 is 0 Å². The number of hydrogen-bond donors (Lipinski definition) is 1. The Morgan fingerprint density at radius 3 is 2.41 bits per heavy atom. The van der Waals surface area contributed by atoms with E-state index in [1.54, 1.807) is 0 Å². The van der Waals surface area contributed by atoms with Crippen LogP contribution in [-0.2, 0) is 4.74 Å². The number of aliphatic hydroxyl groups excluding tert-OH is 1. The van der Waals surface area contributed by atoms with E-state index < -0.39 is 12.1 Å². The van der Waals surface area contributed by atoms with Crippen molar-refractivity contribution in [2.24, 2.45) is 29.6 Å². The zero-order chi connectivity index (χ0) is 23.0. The van der Waals surface area contributed by atoms with Crippen molar-refractivity contribution in [3.8, 4) is 0 Å². The van der Waals surface area contributed by atoms with Gasteiger partial charge in [-0.05, 0) is 88.1 Å². The highest BCUT2D eigenvalue weighted by atomic mass is 19.4. The second-order valence-electron chi connectivity index (χ2n) is 11.0. The molecule has 3 aliphatic rings. The minimum absolute atomic E-state index is 0.233. The van der Waals surface area contributed by atoms with E-state index in [-0.39, 0.29) is 31.1 Å². The summed E-state index contributed by atoms with van der Waals surface area (Å²) in [5, 5.41) is 9.60. The van der Waals surface area contributed by atoms with Crippen molar-refractivity contribution in [2.75, 3.05) is 32.9 Å². The van der Waals surface area contributed by atoms with Crippen molar-refractivity contribution in [2.45, 2.75) is 103 Å². The normalized spacial score (nSPS) is 33.5. The van der Waals surface area contributed by atoms with Gasteiger partial charge in [0.25, 0.3) is 0 Å². The topological polar surface area (TPSA) is 32.7 Å². The number of nitrogens with zero attached hydrogens (tertiary/aromatic N) is 1. The molecule has 32 heavy (non-hydrogen) atoms. The predicted molar refractivity (Wildman–Crippen MR) is 122 cm³/mol. The quantitative estimate of drug-likeness (QED) is 0.380. The first kappa shape index (κ1) is 26.3. The van der Waals surface area contributed by atoms with Crippen LogP contribution in [0.1, 0.15) is 90.4 Å². The van der Waals surface area contributed by atoms with E-state index in [1.165, 1.54) is 25.7 Å². The molecule has 188 valence electrons. The molecular weight excluding hydrogens is 415 g/mol. The molecule has 0 bridgehead atoms. The third-order valence-electron chi connectivity index (χ3n) is 8.65. The Morgan fingerprint density at radius 2 is 1.69 bits per heavy atom. The molecule has 0 amide bonds. The van der Waals surface area contributed by atoms with Crippen molar-refractivity contribution < 1.29 is 23.0 Å². The molecule has 2 aliphatic carbocycles. The molecule has 0 aromatic rings. The van der Waals surface area contributed by atoms with Crippen LogP contribution in [0.3, 0.4) is 0 Å². The Kier molecular flexibility index (Phi) is 10.6. The number of likely N-dealkylation sites (tertiary alicyclic amines) is 1. The summed E-state index contributed by atoms with van der Waals surface area (Å²) in [6, 6.07) is 0.290. The van der Waals surface area contributed by atoms with E-state index in [9.17, 15) is 18.3 Å². The Bertz CT molecular complexity index is 524. The fraction of sp³-hybridized carbons (Fsp3) is 1.00. The molecule has 3 fully saturated rings. The molecule has 0 aromatic carbocycles. The van der Waals surface area contributed by atoms with Gasteiger partial charge < -0.3 is 9.84 Å². The maximum Gasteiger partial charge on any atom is 0.392 e. The van der Waals surface area contributed by atoms with E-state index in [0.717, 1.165) is 58.0 Å². The minimum atomic E-state index is -4.10. The number of halogens is 3. The van der Waals surface area contributed by atoms with Crippen LogP contribution in [0.5, 0.6) is 0 Å². The minimum Gasteiger partial charge on any atom is -0.395 e. The smallest absolute Gasteiger partial charge is 0.392 e. The van der Waals surface area contributed by atoms with E-state index in [1.807, 2.05) is 0 Å². The molecule has 3 nitrogen and oxygen atoms in total. The molecule has 1 heterocycles. The van der Waals surface area contributed by atoms with Gasteiger partial charge in [0, 0.05) is 19.3 Å². The summed E-state index contributed by atoms with van der Waals surface area (Å²) in [5.41, 5.74) is 0. The molecule has 0 radical (unpaired) electrons. The summed E-state index contributed by atoms with van der Waals surface area (Å²) in [6.45, 7) is 5.37. The highest BCUT2D eigenvalue weighted by molar-refractivity contribution is 4.88. The average molecular weight is 462 g/mol. The Balaban J connectivity index is 1.32. The number of aliphatic hydroxyl groups is 1. The van der Waals surface area contributed by atoms with Gasteiger partial charge in [-0.15, -0.1) is 0 Å². The summed E-state index contributed by atoms with van der Waals surface area (Å²) in [4.78, 5) is 2.40. The lowest BCUT2D eigenvalue weighted by Gasteiger charge is -2.41. The molecular formula is C26H46F3NO2. The highest BCUT2D eigenvalue weighted by Gasteiger charge is 2.48. The molecule has 1 N–H and O–H groups in total. The molecule has 0 spiro atoms. The van der Waals surface area contributed by atoms with Crippen LogP contribution < -0.4 is 0 Å². The van der Waals surface area contributed by atoms with Crippen LogP contribution in [-0.4, -0.2) is 55.1 Å². The third kappa shape index (κ3) is 7.87. The van der Waals surface area contributed by atoms with Gasteiger partial charge in [-0.3, -0.25) is 4.90 Å². The van der Waals surface area contributed by atoms with Crippen LogP contribution in [0.4, 0.5) is 13.2 Å². The maximum atomic E-state index is 13.8. The van der Waals surface area contributed by atoms with Crippen LogP contribution in [0.15, 0.2) is 0 Å². The molecule has 2 saturated carbocycles. The summed E-state index contributed by atoms with van der Waals surface area (Å²) >= 11 is 0. The molecule has 1 saturated heterocycles. The van der Waals surface area contributed by atoms with Gasteiger partial charge in [-0.2, -0.15) is 13.2 Å². The number of alkyl halides is 3. The Morgan fingerprint density at radius 1 is 0.906 bits per heavy atom. The highest BCUT2D eigenvalue weighted by Crippen LogP contribution is 2.48. The summed E-state index contributed by atoms with van der Waals surface area (Å²) < 4.78 is 47.1.